The van der Waals surface area contributed by atoms with Crippen molar-refractivity contribution < 1.29 is 14.3 Å². The van der Waals surface area contributed by atoms with E-state index in [-0.39, 0.29) is 17.4 Å². The maximum Gasteiger partial charge on any atom is 0.410 e. The number of piperidine rings is 1. The van der Waals surface area contributed by atoms with E-state index in [2.05, 4.69) is 9.80 Å². The van der Waals surface area contributed by atoms with Crippen LogP contribution in [0.4, 0.5) is 4.79 Å². The van der Waals surface area contributed by atoms with Crippen molar-refractivity contribution in [2.45, 2.75) is 64.0 Å². The number of amides is 2. The number of carbonyl (C=O) groups is 2. The van der Waals surface area contributed by atoms with Gasteiger partial charge < -0.3 is 14.5 Å². The van der Waals surface area contributed by atoms with E-state index in [9.17, 15) is 9.59 Å². The molecule has 2 aliphatic carbocycles. The molecule has 2 heterocycles. The van der Waals surface area contributed by atoms with Crippen molar-refractivity contribution in [3.8, 4) is 0 Å². The second kappa shape index (κ2) is 9.42. The zero-order valence-electron chi connectivity index (χ0n) is 19.2. The van der Waals surface area contributed by atoms with E-state index in [0.717, 1.165) is 57.0 Å². The van der Waals surface area contributed by atoms with Crippen molar-refractivity contribution in [3.05, 3.63) is 35.9 Å². The van der Waals surface area contributed by atoms with Gasteiger partial charge in [0.2, 0.25) is 5.91 Å². The van der Waals surface area contributed by atoms with Crippen molar-refractivity contribution in [1.82, 2.24) is 14.7 Å². The first kappa shape index (κ1) is 21.7. The highest BCUT2D eigenvalue weighted by Gasteiger charge is 2.59. The lowest BCUT2D eigenvalue weighted by molar-refractivity contribution is -0.136. The van der Waals surface area contributed by atoms with Gasteiger partial charge in [-0.3, -0.25) is 9.69 Å². The van der Waals surface area contributed by atoms with Gasteiger partial charge in [0.05, 0.1) is 0 Å². The molecule has 1 unspecified atom stereocenters. The largest absolute Gasteiger partial charge is 0.445 e. The summed E-state index contributed by atoms with van der Waals surface area (Å²) in [6, 6.07) is 10.5. The van der Waals surface area contributed by atoms with Crippen molar-refractivity contribution in [3.63, 3.8) is 0 Å². The first-order valence-corrected chi connectivity index (χ1v) is 12.6. The molecule has 2 saturated heterocycles. The fraction of sp³-hybridized carbons (Fsp3) is 0.692. The van der Waals surface area contributed by atoms with Crippen molar-refractivity contribution >= 4 is 12.0 Å². The molecule has 1 aromatic rings. The number of hydrogen-bond acceptors (Lipinski definition) is 4. The standard InChI is InChI=1S/C26H37N3O3/c30-24(28-17-15-27(16-18-28)22-9-5-2-6-10-22)23-19-26(23)11-13-29(14-12-26)25(31)32-20-21-7-3-1-4-8-21/h1,3-4,7-8,22-23H,2,5-6,9-20H2. The van der Waals surface area contributed by atoms with Gasteiger partial charge in [0.15, 0.2) is 0 Å². The van der Waals surface area contributed by atoms with Gasteiger partial charge >= 0.3 is 6.09 Å². The molecule has 4 fully saturated rings. The molecule has 6 nitrogen and oxygen atoms in total. The first-order chi connectivity index (χ1) is 15.6. The molecule has 32 heavy (non-hydrogen) atoms. The van der Waals surface area contributed by atoms with E-state index in [1.165, 1.54) is 32.1 Å². The first-order valence-electron chi connectivity index (χ1n) is 12.6. The number of nitrogens with zero attached hydrogens (tertiary/aromatic N) is 3. The molecule has 1 spiro atoms. The van der Waals surface area contributed by atoms with Crippen LogP contribution < -0.4 is 0 Å². The molecule has 1 aromatic carbocycles. The molecular weight excluding hydrogens is 402 g/mol. The predicted molar refractivity (Wildman–Crippen MR) is 123 cm³/mol. The highest BCUT2D eigenvalue weighted by molar-refractivity contribution is 5.83. The average Bonchev–Trinajstić information content (AvgIpc) is 3.56. The van der Waals surface area contributed by atoms with Crippen LogP contribution in [0.2, 0.25) is 0 Å². The molecule has 6 heteroatoms. The van der Waals surface area contributed by atoms with E-state index in [1.54, 1.807) is 0 Å². The second-order valence-electron chi connectivity index (χ2n) is 10.3. The Kier molecular flexibility index (Phi) is 6.40. The van der Waals surface area contributed by atoms with Crippen LogP contribution in [-0.2, 0) is 16.1 Å². The minimum Gasteiger partial charge on any atom is -0.445 e. The zero-order chi connectivity index (χ0) is 22.0. The molecular formula is C26H37N3O3. The molecule has 4 aliphatic rings. The Morgan fingerprint density at radius 3 is 2.25 bits per heavy atom. The summed E-state index contributed by atoms with van der Waals surface area (Å²) in [5, 5.41) is 0. The molecule has 0 bridgehead atoms. The molecule has 1 atom stereocenters. The molecule has 2 aliphatic heterocycles. The lowest BCUT2D eigenvalue weighted by Gasteiger charge is -2.41. The number of piperazine rings is 1. The summed E-state index contributed by atoms with van der Waals surface area (Å²) in [7, 11) is 0. The molecule has 5 rings (SSSR count). The van der Waals surface area contributed by atoms with E-state index in [0.29, 0.717) is 25.6 Å². The fourth-order valence-corrected chi connectivity index (χ4v) is 6.17. The summed E-state index contributed by atoms with van der Waals surface area (Å²) in [6.07, 6.45) is 9.41. The Balaban J connectivity index is 1.05. The monoisotopic (exact) mass is 439 g/mol. The van der Waals surface area contributed by atoms with Crippen molar-refractivity contribution in [2.24, 2.45) is 11.3 Å². The molecule has 2 saturated carbocycles. The molecule has 174 valence electrons. The number of ether oxygens (including phenoxy) is 1. The Morgan fingerprint density at radius 1 is 0.875 bits per heavy atom. The van der Waals surface area contributed by atoms with Gasteiger partial charge in [-0.1, -0.05) is 49.6 Å². The van der Waals surface area contributed by atoms with Crippen LogP contribution >= 0.6 is 0 Å². The van der Waals surface area contributed by atoms with E-state index < -0.39 is 0 Å². The van der Waals surface area contributed by atoms with E-state index >= 15 is 0 Å². The third-order valence-corrected chi connectivity index (χ3v) is 8.43. The summed E-state index contributed by atoms with van der Waals surface area (Å²) in [6.45, 7) is 5.57. The zero-order valence-corrected chi connectivity index (χ0v) is 19.2. The van der Waals surface area contributed by atoms with Gasteiger partial charge in [-0.05, 0) is 43.1 Å². The number of hydrogen-bond donors (Lipinski definition) is 0. The van der Waals surface area contributed by atoms with E-state index in [1.807, 2.05) is 35.2 Å². The van der Waals surface area contributed by atoms with Crippen LogP contribution in [0.15, 0.2) is 30.3 Å². The average molecular weight is 440 g/mol. The minimum atomic E-state index is -0.230. The highest BCUT2D eigenvalue weighted by Crippen LogP contribution is 2.60. The Morgan fingerprint density at radius 2 is 1.56 bits per heavy atom. The van der Waals surface area contributed by atoms with Crippen LogP contribution in [0, 0.1) is 11.3 Å². The molecule has 0 radical (unpaired) electrons. The van der Waals surface area contributed by atoms with Gasteiger partial charge in [-0.15, -0.1) is 0 Å². The van der Waals surface area contributed by atoms with E-state index in [4.69, 9.17) is 4.74 Å². The van der Waals surface area contributed by atoms with Gasteiger partial charge in [0.1, 0.15) is 6.61 Å². The van der Waals surface area contributed by atoms with Crippen LogP contribution in [0.5, 0.6) is 0 Å². The quantitative estimate of drug-likeness (QED) is 0.714. The van der Waals surface area contributed by atoms with Gasteiger partial charge in [-0.2, -0.15) is 0 Å². The minimum absolute atomic E-state index is 0.133. The van der Waals surface area contributed by atoms with Gasteiger partial charge in [0.25, 0.3) is 0 Å². The van der Waals surface area contributed by atoms with Crippen molar-refractivity contribution in [1.29, 1.82) is 0 Å². The Bertz CT molecular complexity index is 792. The number of rotatable bonds is 4. The topological polar surface area (TPSA) is 53.1 Å². The van der Waals surface area contributed by atoms with Gasteiger partial charge in [-0.25, -0.2) is 4.79 Å². The summed E-state index contributed by atoms with van der Waals surface area (Å²) in [4.78, 5) is 32.2. The Labute approximate surface area is 191 Å². The maximum absolute atomic E-state index is 13.2. The summed E-state index contributed by atoms with van der Waals surface area (Å²) in [5.74, 6) is 0.541. The summed E-state index contributed by atoms with van der Waals surface area (Å²) in [5.41, 5.74) is 1.14. The SMILES string of the molecule is O=C(OCc1ccccc1)N1CCC2(CC1)CC2C(=O)N1CCN(C2CCCCC2)CC1. The normalized spacial score (nSPS) is 26.2. The lowest BCUT2D eigenvalue weighted by Crippen LogP contribution is -2.53. The maximum atomic E-state index is 13.2. The number of likely N-dealkylation sites (tertiary alicyclic amines) is 1. The molecule has 0 N–H and O–H groups in total. The predicted octanol–water partition coefficient (Wildman–Crippen LogP) is 3.90. The number of carbonyl (C=O) groups excluding carboxylic acids is 2. The highest BCUT2D eigenvalue weighted by atomic mass is 16.6. The summed E-state index contributed by atoms with van der Waals surface area (Å²) >= 11 is 0. The van der Waals surface area contributed by atoms with Crippen LogP contribution in [0.3, 0.4) is 0 Å². The second-order valence-corrected chi connectivity index (χ2v) is 10.3. The third-order valence-electron chi connectivity index (χ3n) is 8.43. The Hall–Kier alpha value is -2.08. The molecule has 0 aromatic heterocycles. The fourth-order valence-electron chi connectivity index (χ4n) is 6.17. The van der Waals surface area contributed by atoms with Crippen LogP contribution in [0.25, 0.3) is 0 Å². The lowest BCUT2D eigenvalue weighted by atomic mass is 9.90. The van der Waals surface area contributed by atoms with Gasteiger partial charge in [0, 0.05) is 51.2 Å². The third kappa shape index (κ3) is 4.66. The van der Waals surface area contributed by atoms with Crippen molar-refractivity contribution in [2.75, 3.05) is 39.3 Å². The summed E-state index contributed by atoms with van der Waals surface area (Å²) < 4.78 is 5.49. The number of benzene rings is 1. The smallest absolute Gasteiger partial charge is 0.410 e. The molecule has 2 amide bonds. The van der Waals surface area contributed by atoms with Crippen LogP contribution in [0.1, 0.15) is 56.9 Å². The van der Waals surface area contributed by atoms with Crippen LogP contribution in [-0.4, -0.2) is 72.0 Å².